The Kier molecular flexibility index (Phi) is 8.85. The summed E-state index contributed by atoms with van der Waals surface area (Å²) in [7, 11) is 0. The van der Waals surface area contributed by atoms with Gasteiger partial charge in [0.25, 0.3) is 0 Å². The van der Waals surface area contributed by atoms with Crippen molar-refractivity contribution in [1.29, 1.82) is 5.26 Å². The summed E-state index contributed by atoms with van der Waals surface area (Å²) in [5.41, 5.74) is 0. The van der Waals surface area contributed by atoms with Crippen molar-refractivity contribution in [2.75, 3.05) is 0 Å². The van der Waals surface area contributed by atoms with E-state index in [1.807, 2.05) is 13.8 Å². The number of rotatable bonds is 1. The van der Waals surface area contributed by atoms with Gasteiger partial charge >= 0.3 is 5.97 Å². The molecule has 0 N–H and O–H groups in total. The average Bonchev–Trinajstić information content (AvgIpc) is 1.91. The van der Waals surface area contributed by atoms with E-state index in [-0.39, 0.29) is 5.76 Å². The molecule has 0 saturated heterocycles. The molecule has 0 unspecified atom stereocenters. The second kappa shape index (κ2) is 7.70. The Labute approximate surface area is 60.9 Å². The Bertz CT molecular complexity index is 155. The highest BCUT2D eigenvalue weighted by atomic mass is 16.5. The summed E-state index contributed by atoms with van der Waals surface area (Å²) < 4.78 is 4.20. The van der Waals surface area contributed by atoms with Crippen LogP contribution in [0.1, 0.15) is 20.8 Å². The monoisotopic (exact) mass is 141 g/mol. The summed E-state index contributed by atoms with van der Waals surface area (Å²) >= 11 is 0. The third-order valence-corrected chi connectivity index (χ3v) is 0.392. The van der Waals surface area contributed by atoms with Crippen LogP contribution in [0.3, 0.4) is 0 Å². The largest absolute Gasteiger partial charge is 0.416 e. The average molecular weight is 141 g/mol. The molecule has 0 fully saturated rings. The predicted molar refractivity (Wildman–Crippen MR) is 37.9 cm³/mol. The van der Waals surface area contributed by atoms with Crippen LogP contribution in [-0.2, 0) is 9.53 Å². The molecule has 0 aromatic heterocycles. The first kappa shape index (κ1) is 11.5. The Morgan fingerprint density at radius 3 is 2.10 bits per heavy atom. The molecule has 10 heavy (non-hydrogen) atoms. The van der Waals surface area contributed by atoms with E-state index >= 15 is 0 Å². The highest BCUT2D eigenvalue weighted by Gasteiger charge is 1.93. The van der Waals surface area contributed by atoms with Crippen LogP contribution in [0.2, 0.25) is 0 Å². The fourth-order valence-electron chi connectivity index (χ4n) is 0.196. The van der Waals surface area contributed by atoms with Gasteiger partial charge in [0.15, 0.2) is 5.76 Å². The molecule has 3 nitrogen and oxygen atoms in total. The van der Waals surface area contributed by atoms with Crippen molar-refractivity contribution in [2.24, 2.45) is 0 Å². The lowest BCUT2D eigenvalue weighted by Crippen LogP contribution is -1.94. The third-order valence-electron chi connectivity index (χ3n) is 0.392. The minimum Gasteiger partial charge on any atom is -0.416 e. The van der Waals surface area contributed by atoms with Crippen LogP contribution in [-0.4, -0.2) is 5.97 Å². The molecule has 0 atom stereocenters. The molecule has 0 spiro atoms. The summed E-state index contributed by atoms with van der Waals surface area (Å²) in [6.07, 6.45) is 0. The van der Waals surface area contributed by atoms with E-state index in [2.05, 4.69) is 11.3 Å². The molecule has 0 aliphatic heterocycles. The molecule has 0 bridgehead atoms. The minimum absolute atomic E-state index is 0.169. The maximum absolute atomic E-state index is 9.98. The highest BCUT2D eigenvalue weighted by molar-refractivity contribution is 5.67. The first-order valence-corrected chi connectivity index (χ1v) is 2.94. The van der Waals surface area contributed by atoms with Gasteiger partial charge in [-0.3, -0.25) is 4.79 Å². The van der Waals surface area contributed by atoms with Gasteiger partial charge in [-0.05, 0) is 6.58 Å². The molecule has 0 aromatic rings. The number of hydrogen-bond donors (Lipinski definition) is 0. The van der Waals surface area contributed by atoms with Crippen LogP contribution in [0.25, 0.3) is 0 Å². The van der Waals surface area contributed by atoms with Crippen LogP contribution < -0.4 is 0 Å². The van der Waals surface area contributed by atoms with Gasteiger partial charge in [0.1, 0.15) is 6.07 Å². The lowest BCUT2D eigenvalue weighted by molar-refractivity contribution is -0.136. The summed E-state index contributed by atoms with van der Waals surface area (Å²) in [6.45, 7) is 8.32. The van der Waals surface area contributed by atoms with Crippen molar-refractivity contribution >= 4 is 5.97 Å². The van der Waals surface area contributed by atoms with Crippen molar-refractivity contribution in [3.05, 3.63) is 12.3 Å². The number of carbonyl (C=O) groups excluding carboxylic acids is 1. The van der Waals surface area contributed by atoms with Crippen molar-refractivity contribution in [2.45, 2.75) is 20.8 Å². The fraction of sp³-hybridized carbons (Fsp3) is 0.429. The zero-order chi connectivity index (χ0) is 8.57. The maximum Gasteiger partial charge on any atom is 0.308 e. The quantitative estimate of drug-likeness (QED) is 0.316. The number of hydrogen-bond acceptors (Lipinski definition) is 3. The topological polar surface area (TPSA) is 50.1 Å². The normalized spacial score (nSPS) is 6.20. The summed E-state index contributed by atoms with van der Waals surface area (Å²) in [5.74, 6) is -0.686. The number of nitrogens with zero attached hydrogens (tertiary/aromatic N) is 1. The van der Waals surface area contributed by atoms with Gasteiger partial charge in [-0.15, -0.1) is 0 Å². The number of nitriles is 1. The van der Waals surface area contributed by atoms with Crippen molar-refractivity contribution in [3.8, 4) is 6.07 Å². The van der Waals surface area contributed by atoms with Gasteiger partial charge in [0.05, 0.1) is 0 Å². The van der Waals surface area contributed by atoms with Crippen molar-refractivity contribution < 1.29 is 9.53 Å². The van der Waals surface area contributed by atoms with Crippen LogP contribution in [0.15, 0.2) is 12.3 Å². The number of allylic oxidation sites excluding steroid dienone is 1. The molecule has 0 saturated carbocycles. The highest BCUT2D eigenvalue weighted by Crippen LogP contribution is 1.88. The molecular formula is C7H11NO2. The molecule has 0 aliphatic rings. The molecule has 0 radical (unpaired) electrons. The standard InChI is InChI=1S/C5H5NO2.C2H6/c1-4(3-6)8-5(2)7;1-2/h1H2,2H3;1-2H3. The first-order chi connectivity index (χ1) is 4.66. The summed E-state index contributed by atoms with van der Waals surface area (Å²) in [5, 5.41) is 7.96. The van der Waals surface area contributed by atoms with Gasteiger partial charge in [-0.1, -0.05) is 13.8 Å². The van der Waals surface area contributed by atoms with E-state index in [1.54, 1.807) is 6.07 Å². The Morgan fingerprint density at radius 2 is 2.00 bits per heavy atom. The Morgan fingerprint density at radius 1 is 1.60 bits per heavy atom. The maximum atomic E-state index is 9.98. The minimum atomic E-state index is -0.517. The molecule has 0 heterocycles. The molecular weight excluding hydrogens is 130 g/mol. The zero-order valence-corrected chi connectivity index (χ0v) is 6.47. The molecule has 56 valence electrons. The van der Waals surface area contributed by atoms with Crippen LogP contribution in [0.4, 0.5) is 0 Å². The van der Waals surface area contributed by atoms with Gasteiger partial charge < -0.3 is 4.74 Å². The van der Waals surface area contributed by atoms with E-state index < -0.39 is 5.97 Å². The smallest absolute Gasteiger partial charge is 0.308 e. The van der Waals surface area contributed by atoms with E-state index in [4.69, 9.17) is 5.26 Å². The predicted octanol–water partition coefficient (Wildman–Crippen LogP) is 1.61. The van der Waals surface area contributed by atoms with Crippen LogP contribution >= 0.6 is 0 Å². The summed E-state index contributed by atoms with van der Waals surface area (Å²) in [6, 6.07) is 1.56. The zero-order valence-electron chi connectivity index (χ0n) is 6.47. The van der Waals surface area contributed by atoms with Gasteiger partial charge in [-0.2, -0.15) is 5.26 Å². The number of esters is 1. The second-order valence-electron chi connectivity index (χ2n) is 1.13. The van der Waals surface area contributed by atoms with E-state index in [0.717, 1.165) is 0 Å². The number of ether oxygens (including phenoxy) is 1. The first-order valence-electron chi connectivity index (χ1n) is 2.94. The SMILES string of the molecule is C=C(C#N)OC(C)=O.CC. The number of carbonyl (C=O) groups is 1. The fourth-order valence-corrected chi connectivity index (χ4v) is 0.196. The Hall–Kier alpha value is -1.30. The second-order valence-corrected chi connectivity index (χ2v) is 1.13. The van der Waals surface area contributed by atoms with Gasteiger partial charge in [0.2, 0.25) is 0 Å². The molecule has 0 rings (SSSR count). The van der Waals surface area contributed by atoms with Crippen LogP contribution in [0, 0.1) is 11.3 Å². The summed E-state index contributed by atoms with van der Waals surface area (Å²) in [4.78, 5) is 9.98. The van der Waals surface area contributed by atoms with Gasteiger partial charge in [-0.25, -0.2) is 0 Å². The van der Waals surface area contributed by atoms with Crippen molar-refractivity contribution in [1.82, 2.24) is 0 Å². The third kappa shape index (κ3) is 9.85. The van der Waals surface area contributed by atoms with Crippen molar-refractivity contribution in [3.63, 3.8) is 0 Å². The molecule has 0 amide bonds. The molecule has 3 heteroatoms. The lowest BCUT2D eigenvalue weighted by atomic mass is 10.6. The van der Waals surface area contributed by atoms with Crippen LogP contribution in [0.5, 0.6) is 0 Å². The van der Waals surface area contributed by atoms with E-state index in [9.17, 15) is 4.79 Å². The van der Waals surface area contributed by atoms with Gasteiger partial charge in [0, 0.05) is 6.92 Å². The van der Waals surface area contributed by atoms with E-state index in [1.165, 1.54) is 6.92 Å². The van der Waals surface area contributed by atoms with E-state index in [0.29, 0.717) is 0 Å². The molecule has 0 aromatic carbocycles. The lowest BCUT2D eigenvalue weighted by Gasteiger charge is -1.90. The Balaban J connectivity index is 0. The molecule has 0 aliphatic carbocycles.